The third-order valence-electron chi connectivity index (χ3n) is 9.00. The molecular weight excluding hydrogens is 668 g/mol. The molecule has 1 unspecified atom stereocenters. The summed E-state index contributed by atoms with van der Waals surface area (Å²) >= 11 is 7.10. The van der Waals surface area contributed by atoms with Gasteiger partial charge in [0.1, 0.15) is 17.6 Å². The van der Waals surface area contributed by atoms with E-state index in [1.807, 2.05) is 48.5 Å². The highest BCUT2D eigenvalue weighted by atomic mass is 35.5. The molecule has 0 radical (unpaired) electrons. The molecule has 2 fully saturated rings. The Kier molecular flexibility index (Phi) is 10.0. The van der Waals surface area contributed by atoms with Crippen LogP contribution >= 0.6 is 11.6 Å². The third kappa shape index (κ3) is 7.61. The predicted octanol–water partition coefficient (Wildman–Crippen LogP) is 5.45. The number of imidazole rings is 1. The number of methoxy groups -OCH3 is 2. The van der Waals surface area contributed by atoms with Crippen molar-refractivity contribution in [3.8, 4) is 23.6 Å². The first kappa shape index (κ1) is 33.9. The maximum Gasteiger partial charge on any atom is 0.247 e. The number of rotatable bonds is 13. The van der Waals surface area contributed by atoms with Gasteiger partial charge in [-0.05, 0) is 60.4 Å². The Morgan fingerprint density at radius 1 is 1.00 bits per heavy atom. The number of halogens is 1. The lowest BCUT2D eigenvalue weighted by Gasteiger charge is -2.35. The summed E-state index contributed by atoms with van der Waals surface area (Å²) in [5.74, 6) is 2.42. The smallest absolute Gasteiger partial charge is 0.247 e. The molecule has 2 aromatic heterocycles. The fraction of sp³-hybridized carbons (Fsp3) is 0.324. The molecule has 1 aliphatic carbocycles. The first-order valence-electron chi connectivity index (χ1n) is 16.7. The van der Waals surface area contributed by atoms with Gasteiger partial charge in [-0.25, -0.2) is 4.98 Å². The van der Waals surface area contributed by atoms with E-state index >= 15 is 0 Å². The third-order valence-corrected chi connectivity index (χ3v) is 9.40. The van der Waals surface area contributed by atoms with Crippen LogP contribution in [0.5, 0.6) is 11.5 Å². The average molecular weight is 705 g/mol. The maximum absolute atomic E-state index is 10.0. The molecule has 1 saturated carbocycles. The molecule has 2 N–H and O–H groups in total. The highest BCUT2D eigenvalue weighted by molar-refractivity contribution is 6.36. The fourth-order valence-electron chi connectivity index (χ4n) is 6.18. The molecule has 14 heteroatoms. The normalized spacial score (nSPS) is 15.6. The van der Waals surface area contributed by atoms with Crippen molar-refractivity contribution in [3.05, 3.63) is 94.3 Å². The standard InChI is InChI=1S/C37H37ClN10O3/c1-49-29-9-3-24(4-10-29)19-41-21-31-23-46(13-14-51-31)33-16-26(17-39)15-32(34(33)38)43-37-44-36(35-42-20-28(18-40)48(35)45-37)47(27-7-8-27)22-25-5-11-30(50-2)12-6-25/h3-6,9-12,15-16,20,27,31,41H,7-8,13-14,19,21-23H2,1-2H3,(H,43,45). The van der Waals surface area contributed by atoms with Crippen LogP contribution in [0.4, 0.5) is 23.1 Å². The van der Waals surface area contributed by atoms with E-state index in [1.54, 1.807) is 26.4 Å². The van der Waals surface area contributed by atoms with Crippen molar-refractivity contribution in [1.82, 2.24) is 24.9 Å². The summed E-state index contributed by atoms with van der Waals surface area (Å²) in [6, 6.07) is 24.1. The topological polar surface area (TPSA) is 149 Å². The summed E-state index contributed by atoms with van der Waals surface area (Å²) in [4.78, 5) is 13.8. The summed E-state index contributed by atoms with van der Waals surface area (Å²) in [6.45, 7) is 3.61. The highest BCUT2D eigenvalue weighted by Crippen LogP contribution is 2.38. The van der Waals surface area contributed by atoms with Crippen LogP contribution in [-0.2, 0) is 17.8 Å². The summed E-state index contributed by atoms with van der Waals surface area (Å²) < 4.78 is 18.2. The number of nitrogens with one attached hydrogen (secondary N) is 2. The second-order valence-electron chi connectivity index (χ2n) is 12.5. The van der Waals surface area contributed by atoms with Crippen molar-refractivity contribution in [3.63, 3.8) is 0 Å². The van der Waals surface area contributed by atoms with Gasteiger partial charge in [0.25, 0.3) is 0 Å². The van der Waals surface area contributed by atoms with Gasteiger partial charge in [-0.3, -0.25) is 0 Å². The zero-order valence-electron chi connectivity index (χ0n) is 28.3. The zero-order valence-corrected chi connectivity index (χ0v) is 29.1. The number of nitriles is 2. The van der Waals surface area contributed by atoms with Crippen molar-refractivity contribution in [1.29, 1.82) is 10.5 Å². The SMILES string of the molecule is COc1ccc(CNCC2CN(c3cc(C#N)cc(Nc4nc(N(Cc5ccc(OC)cc5)C5CC5)c5ncc(C#N)n5n4)c3Cl)CCO2)cc1. The second kappa shape index (κ2) is 15.1. The molecule has 7 rings (SSSR count). The Balaban J connectivity index is 1.14. The van der Waals surface area contributed by atoms with E-state index < -0.39 is 0 Å². The van der Waals surface area contributed by atoms with Gasteiger partial charge in [0.05, 0.1) is 61.2 Å². The van der Waals surface area contributed by atoms with Gasteiger partial charge in [0, 0.05) is 38.8 Å². The molecule has 0 bridgehead atoms. The minimum atomic E-state index is -0.0896. The summed E-state index contributed by atoms with van der Waals surface area (Å²) in [7, 11) is 3.30. The Morgan fingerprint density at radius 3 is 2.39 bits per heavy atom. The van der Waals surface area contributed by atoms with Gasteiger partial charge in [-0.2, -0.15) is 20.0 Å². The lowest BCUT2D eigenvalue weighted by Crippen LogP contribution is -2.46. The molecule has 260 valence electrons. The van der Waals surface area contributed by atoms with Crippen molar-refractivity contribution < 1.29 is 14.2 Å². The maximum atomic E-state index is 10.0. The van der Waals surface area contributed by atoms with Crippen molar-refractivity contribution in [2.75, 3.05) is 55.6 Å². The van der Waals surface area contributed by atoms with E-state index in [0.717, 1.165) is 35.5 Å². The minimum Gasteiger partial charge on any atom is -0.497 e. The number of morpholine rings is 1. The van der Waals surface area contributed by atoms with Crippen molar-refractivity contribution in [2.24, 2.45) is 0 Å². The number of hydrogen-bond donors (Lipinski definition) is 2. The number of anilines is 4. The predicted molar refractivity (Wildman–Crippen MR) is 194 cm³/mol. The zero-order chi connectivity index (χ0) is 35.3. The van der Waals surface area contributed by atoms with E-state index in [-0.39, 0.29) is 23.8 Å². The summed E-state index contributed by atoms with van der Waals surface area (Å²) in [5, 5.41) is 31.7. The molecule has 1 saturated heterocycles. The number of hydrogen-bond acceptors (Lipinski definition) is 12. The van der Waals surface area contributed by atoms with E-state index in [0.29, 0.717) is 72.8 Å². The van der Waals surface area contributed by atoms with Gasteiger partial charge < -0.3 is 34.6 Å². The van der Waals surface area contributed by atoms with Crippen LogP contribution in [0.25, 0.3) is 5.65 Å². The second-order valence-corrected chi connectivity index (χ2v) is 12.8. The Labute approximate surface area is 300 Å². The quantitative estimate of drug-likeness (QED) is 0.161. The van der Waals surface area contributed by atoms with Crippen LogP contribution in [0.3, 0.4) is 0 Å². The molecule has 0 amide bonds. The first-order chi connectivity index (χ1) is 25.0. The highest BCUT2D eigenvalue weighted by Gasteiger charge is 2.33. The van der Waals surface area contributed by atoms with Crippen LogP contribution in [0.1, 0.15) is 35.2 Å². The Morgan fingerprint density at radius 2 is 1.73 bits per heavy atom. The molecule has 3 heterocycles. The lowest BCUT2D eigenvalue weighted by molar-refractivity contribution is 0.0407. The van der Waals surface area contributed by atoms with E-state index in [4.69, 9.17) is 30.8 Å². The minimum absolute atomic E-state index is 0.0896. The van der Waals surface area contributed by atoms with Crippen LogP contribution in [0.2, 0.25) is 5.02 Å². The van der Waals surface area contributed by atoms with Crippen molar-refractivity contribution >= 4 is 40.4 Å². The van der Waals surface area contributed by atoms with Gasteiger partial charge in [-0.1, -0.05) is 35.9 Å². The summed E-state index contributed by atoms with van der Waals surface area (Å²) in [6.07, 6.45) is 3.43. The molecule has 1 aliphatic heterocycles. The molecule has 3 aromatic carbocycles. The molecule has 1 atom stereocenters. The van der Waals surface area contributed by atoms with Crippen LogP contribution in [0, 0.1) is 22.7 Å². The largest absolute Gasteiger partial charge is 0.497 e. The molecule has 2 aliphatic rings. The number of fused-ring (bicyclic) bond motifs is 1. The number of nitrogens with zero attached hydrogens (tertiary/aromatic N) is 8. The molecule has 51 heavy (non-hydrogen) atoms. The van der Waals surface area contributed by atoms with E-state index in [1.165, 1.54) is 10.7 Å². The van der Waals surface area contributed by atoms with E-state index in [2.05, 4.69) is 42.7 Å². The molecule has 0 spiro atoms. The van der Waals surface area contributed by atoms with Gasteiger partial charge >= 0.3 is 0 Å². The summed E-state index contributed by atoms with van der Waals surface area (Å²) in [5.41, 5.74) is 4.59. The van der Waals surface area contributed by atoms with Crippen LogP contribution < -0.4 is 29.9 Å². The van der Waals surface area contributed by atoms with E-state index in [9.17, 15) is 10.5 Å². The fourth-order valence-corrected chi connectivity index (χ4v) is 6.45. The van der Waals surface area contributed by atoms with Gasteiger partial charge in [0.2, 0.25) is 5.95 Å². The Hall–Kier alpha value is -5.60. The van der Waals surface area contributed by atoms with Gasteiger partial charge in [0.15, 0.2) is 17.2 Å². The number of benzene rings is 3. The van der Waals surface area contributed by atoms with Crippen LogP contribution in [-0.4, -0.2) is 72.2 Å². The average Bonchev–Trinajstić information content (AvgIpc) is 3.93. The molecule has 5 aromatic rings. The lowest BCUT2D eigenvalue weighted by atomic mass is 10.1. The molecular formula is C37H37ClN10O3. The Bertz CT molecular complexity index is 2090. The van der Waals surface area contributed by atoms with Gasteiger partial charge in [-0.15, -0.1) is 5.10 Å². The van der Waals surface area contributed by atoms with Crippen LogP contribution in [0.15, 0.2) is 66.9 Å². The monoisotopic (exact) mass is 704 g/mol. The first-order valence-corrected chi connectivity index (χ1v) is 17.1. The molecule has 13 nitrogen and oxygen atoms in total. The van der Waals surface area contributed by atoms with Crippen molar-refractivity contribution in [2.45, 2.75) is 38.1 Å². The number of aromatic nitrogens is 4. The number of ether oxygens (including phenoxy) is 3.